The first-order chi connectivity index (χ1) is 4.79. The number of hydrogen-bond acceptors (Lipinski definition) is 2. The third-order valence-electron chi connectivity index (χ3n) is 2.42. The number of ketones is 1. The van der Waals surface area contributed by atoms with E-state index in [1.165, 1.54) is 0 Å². The van der Waals surface area contributed by atoms with Crippen molar-refractivity contribution in [1.29, 1.82) is 0 Å². The van der Waals surface area contributed by atoms with E-state index in [-0.39, 0.29) is 11.9 Å². The summed E-state index contributed by atoms with van der Waals surface area (Å²) in [6.45, 7) is 0. The minimum absolute atomic E-state index is 0.270. The molecule has 2 aliphatic rings. The Morgan fingerprint density at radius 3 is 2.80 bits per heavy atom. The van der Waals surface area contributed by atoms with Crippen LogP contribution in [-0.2, 0) is 4.79 Å². The van der Waals surface area contributed by atoms with Gasteiger partial charge in [0.05, 0.1) is 6.10 Å². The highest BCUT2D eigenvalue weighted by molar-refractivity contribution is 5.99. The van der Waals surface area contributed by atoms with Gasteiger partial charge in [0.15, 0.2) is 5.78 Å². The largest absolute Gasteiger partial charge is 0.389 e. The number of rotatable bonds is 0. The van der Waals surface area contributed by atoms with Crippen molar-refractivity contribution in [3.63, 3.8) is 0 Å². The zero-order chi connectivity index (χ0) is 7.14. The second-order valence-corrected chi connectivity index (χ2v) is 2.98. The van der Waals surface area contributed by atoms with E-state index in [9.17, 15) is 9.90 Å². The van der Waals surface area contributed by atoms with Crippen molar-refractivity contribution in [3.8, 4) is 0 Å². The molecule has 0 aromatic carbocycles. The molecule has 0 bridgehead atoms. The van der Waals surface area contributed by atoms with Gasteiger partial charge in [-0.2, -0.15) is 0 Å². The molecule has 0 aromatic rings. The molecule has 0 spiro atoms. The SMILES string of the molecule is O=C1CCC2=C1CC[C@@H]2O. The van der Waals surface area contributed by atoms with Gasteiger partial charge in [0.25, 0.3) is 0 Å². The summed E-state index contributed by atoms with van der Waals surface area (Å²) >= 11 is 0. The van der Waals surface area contributed by atoms with Crippen molar-refractivity contribution in [1.82, 2.24) is 0 Å². The van der Waals surface area contributed by atoms with Crippen LogP contribution >= 0.6 is 0 Å². The molecule has 1 N–H and O–H groups in total. The predicted molar refractivity (Wildman–Crippen MR) is 36.5 cm³/mol. The lowest BCUT2D eigenvalue weighted by Gasteiger charge is -2.02. The van der Waals surface area contributed by atoms with Crippen molar-refractivity contribution in [2.45, 2.75) is 31.8 Å². The van der Waals surface area contributed by atoms with E-state index in [2.05, 4.69) is 0 Å². The fourth-order valence-electron chi connectivity index (χ4n) is 1.85. The van der Waals surface area contributed by atoms with Gasteiger partial charge in [0.2, 0.25) is 0 Å². The maximum absolute atomic E-state index is 11.0. The van der Waals surface area contributed by atoms with Gasteiger partial charge in [-0.15, -0.1) is 0 Å². The summed E-state index contributed by atoms with van der Waals surface area (Å²) in [4.78, 5) is 11.0. The van der Waals surface area contributed by atoms with Crippen LogP contribution in [0.15, 0.2) is 11.1 Å². The van der Waals surface area contributed by atoms with E-state index in [1.54, 1.807) is 0 Å². The average molecular weight is 138 g/mol. The van der Waals surface area contributed by atoms with Gasteiger partial charge in [-0.3, -0.25) is 4.79 Å². The average Bonchev–Trinajstić information content (AvgIpc) is 2.41. The van der Waals surface area contributed by atoms with E-state index in [1.807, 2.05) is 0 Å². The lowest BCUT2D eigenvalue weighted by atomic mass is 10.1. The Labute approximate surface area is 59.5 Å². The Kier molecular flexibility index (Phi) is 1.17. The first-order valence-electron chi connectivity index (χ1n) is 3.72. The Morgan fingerprint density at radius 1 is 1.30 bits per heavy atom. The molecule has 0 aliphatic heterocycles. The first kappa shape index (κ1) is 6.10. The minimum atomic E-state index is -0.290. The van der Waals surface area contributed by atoms with Gasteiger partial charge >= 0.3 is 0 Å². The van der Waals surface area contributed by atoms with E-state index >= 15 is 0 Å². The molecular weight excluding hydrogens is 128 g/mol. The van der Waals surface area contributed by atoms with E-state index in [0.29, 0.717) is 6.42 Å². The van der Waals surface area contributed by atoms with Gasteiger partial charge in [-0.05, 0) is 30.4 Å². The lowest BCUT2D eigenvalue weighted by Crippen LogP contribution is -2.03. The molecule has 10 heavy (non-hydrogen) atoms. The van der Waals surface area contributed by atoms with E-state index in [4.69, 9.17) is 0 Å². The fraction of sp³-hybridized carbons (Fsp3) is 0.625. The number of carbonyl (C=O) groups is 1. The zero-order valence-corrected chi connectivity index (χ0v) is 5.76. The van der Waals surface area contributed by atoms with Gasteiger partial charge in [0.1, 0.15) is 0 Å². The van der Waals surface area contributed by atoms with Crippen LogP contribution < -0.4 is 0 Å². The monoisotopic (exact) mass is 138 g/mol. The van der Waals surface area contributed by atoms with Crippen LogP contribution in [-0.4, -0.2) is 17.0 Å². The molecule has 2 aliphatic carbocycles. The molecule has 2 nitrogen and oxygen atoms in total. The number of carbonyl (C=O) groups excluding carboxylic acids is 1. The summed E-state index contributed by atoms with van der Waals surface area (Å²) in [6.07, 6.45) is 2.75. The highest BCUT2D eigenvalue weighted by atomic mass is 16.3. The quantitative estimate of drug-likeness (QED) is 0.537. The Balaban J connectivity index is 2.34. The Hall–Kier alpha value is -0.630. The number of allylic oxidation sites excluding steroid dienone is 1. The van der Waals surface area contributed by atoms with Crippen LogP contribution in [0.3, 0.4) is 0 Å². The molecule has 0 aromatic heterocycles. The van der Waals surface area contributed by atoms with E-state index < -0.39 is 0 Å². The maximum Gasteiger partial charge on any atom is 0.159 e. The Bertz CT molecular complexity index is 215. The van der Waals surface area contributed by atoms with Crippen molar-refractivity contribution >= 4 is 5.78 Å². The summed E-state index contributed by atoms with van der Waals surface area (Å²) in [6, 6.07) is 0. The first-order valence-corrected chi connectivity index (χ1v) is 3.72. The van der Waals surface area contributed by atoms with Crippen LogP contribution in [0.4, 0.5) is 0 Å². The molecule has 54 valence electrons. The number of hydrogen-bond donors (Lipinski definition) is 1. The molecule has 2 heteroatoms. The number of aliphatic hydroxyl groups is 1. The van der Waals surface area contributed by atoms with Crippen LogP contribution in [0.1, 0.15) is 25.7 Å². The summed E-state index contributed by atoms with van der Waals surface area (Å²) < 4.78 is 0. The number of aliphatic hydroxyl groups excluding tert-OH is 1. The van der Waals surface area contributed by atoms with Crippen LogP contribution in [0, 0.1) is 0 Å². The summed E-state index contributed by atoms with van der Waals surface area (Å²) in [7, 11) is 0. The molecule has 0 saturated carbocycles. The normalized spacial score (nSPS) is 31.7. The molecule has 0 amide bonds. The highest BCUT2D eigenvalue weighted by Crippen LogP contribution is 2.36. The minimum Gasteiger partial charge on any atom is -0.389 e. The number of Topliss-reactive ketones (excluding diaryl/α,β-unsaturated/α-hetero) is 1. The second kappa shape index (κ2) is 1.92. The van der Waals surface area contributed by atoms with Crippen LogP contribution in [0.5, 0.6) is 0 Å². The maximum atomic E-state index is 11.0. The molecule has 1 atom stereocenters. The van der Waals surface area contributed by atoms with Crippen LogP contribution in [0.2, 0.25) is 0 Å². The van der Waals surface area contributed by atoms with E-state index in [0.717, 1.165) is 30.4 Å². The second-order valence-electron chi connectivity index (χ2n) is 2.98. The van der Waals surface area contributed by atoms with Gasteiger partial charge in [-0.1, -0.05) is 0 Å². The molecular formula is C8H10O2. The van der Waals surface area contributed by atoms with Crippen molar-refractivity contribution < 1.29 is 9.90 Å². The summed E-state index contributed by atoms with van der Waals surface area (Å²) in [5.74, 6) is 0.270. The van der Waals surface area contributed by atoms with Crippen molar-refractivity contribution in [2.24, 2.45) is 0 Å². The molecule has 0 unspecified atom stereocenters. The molecule has 0 fully saturated rings. The van der Waals surface area contributed by atoms with Gasteiger partial charge in [0, 0.05) is 6.42 Å². The van der Waals surface area contributed by atoms with Crippen molar-refractivity contribution in [2.75, 3.05) is 0 Å². The summed E-state index contributed by atoms with van der Waals surface area (Å²) in [5.41, 5.74) is 1.97. The zero-order valence-electron chi connectivity index (χ0n) is 5.76. The fourth-order valence-corrected chi connectivity index (χ4v) is 1.85. The third-order valence-corrected chi connectivity index (χ3v) is 2.42. The standard InChI is InChI=1S/C8H10O2/c9-7-3-1-5-6(7)2-4-8(5)10/h7,9H,1-4H2/t7-/m0/s1. The Morgan fingerprint density at radius 2 is 2.10 bits per heavy atom. The molecule has 2 rings (SSSR count). The molecule has 0 heterocycles. The smallest absolute Gasteiger partial charge is 0.159 e. The van der Waals surface area contributed by atoms with Gasteiger partial charge < -0.3 is 5.11 Å². The van der Waals surface area contributed by atoms with Gasteiger partial charge in [-0.25, -0.2) is 0 Å². The van der Waals surface area contributed by atoms with Crippen LogP contribution in [0.25, 0.3) is 0 Å². The third kappa shape index (κ3) is 0.655. The van der Waals surface area contributed by atoms with Crippen molar-refractivity contribution in [3.05, 3.63) is 11.1 Å². The topological polar surface area (TPSA) is 37.3 Å². The lowest BCUT2D eigenvalue weighted by molar-refractivity contribution is -0.115. The highest BCUT2D eigenvalue weighted by Gasteiger charge is 2.31. The molecule has 0 radical (unpaired) electrons. The summed E-state index contributed by atoms with van der Waals surface area (Å²) in [5, 5.41) is 9.31. The predicted octanol–water partition coefficient (Wildman–Crippen LogP) is 0.801. The molecule has 0 saturated heterocycles.